The molecule has 0 saturated heterocycles. The molecule has 0 aromatic carbocycles. The van der Waals surface area contributed by atoms with Gasteiger partial charge in [0.2, 0.25) is 0 Å². The molecule has 3 heteroatoms. The van der Waals surface area contributed by atoms with Gasteiger partial charge in [0.15, 0.2) is 0 Å². The highest BCUT2D eigenvalue weighted by Gasteiger charge is 2.33. The van der Waals surface area contributed by atoms with Crippen molar-refractivity contribution in [1.29, 1.82) is 0 Å². The molecule has 1 atom stereocenters. The van der Waals surface area contributed by atoms with Crippen molar-refractivity contribution in [1.82, 2.24) is 4.90 Å². The van der Waals surface area contributed by atoms with Gasteiger partial charge in [-0.05, 0) is 37.1 Å². The molecule has 0 N–H and O–H groups in total. The zero-order valence-corrected chi connectivity index (χ0v) is 11.6. The first kappa shape index (κ1) is 12.4. The summed E-state index contributed by atoms with van der Waals surface area (Å²) in [6.45, 7) is 2.05. The van der Waals surface area contributed by atoms with Gasteiger partial charge in [0.1, 0.15) is 5.78 Å². The summed E-state index contributed by atoms with van der Waals surface area (Å²) >= 11 is 1.83. The number of rotatable bonds is 5. The van der Waals surface area contributed by atoms with E-state index in [-0.39, 0.29) is 0 Å². The van der Waals surface area contributed by atoms with E-state index in [9.17, 15) is 4.79 Å². The molecule has 2 nitrogen and oxygen atoms in total. The first-order chi connectivity index (χ1) is 8.83. The van der Waals surface area contributed by atoms with Crippen molar-refractivity contribution in [2.45, 2.75) is 51.1 Å². The summed E-state index contributed by atoms with van der Waals surface area (Å²) in [6.07, 6.45) is 6.95. The maximum absolute atomic E-state index is 12.0. The molecule has 1 aromatic rings. The molecule has 2 aliphatic rings. The van der Waals surface area contributed by atoms with Crippen LogP contribution in [-0.4, -0.2) is 23.3 Å². The molecule has 1 unspecified atom stereocenters. The van der Waals surface area contributed by atoms with E-state index in [4.69, 9.17) is 0 Å². The van der Waals surface area contributed by atoms with Crippen LogP contribution in [-0.2, 0) is 11.3 Å². The Bertz CT molecular complexity index is 397. The van der Waals surface area contributed by atoms with Crippen LogP contribution >= 0.6 is 11.3 Å². The zero-order valence-electron chi connectivity index (χ0n) is 10.8. The highest BCUT2D eigenvalue weighted by atomic mass is 32.1. The Labute approximate surface area is 113 Å². The molecule has 98 valence electrons. The number of thiophene rings is 1. The smallest absolute Gasteiger partial charge is 0.137 e. The van der Waals surface area contributed by atoms with Gasteiger partial charge in [0.25, 0.3) is 0 Å². The molecule has 18 heavy (non-hydrogen) atoms. The summed E-state index contributed by atoms with van der Waals surface area (Å²) < 4.78 is 0. The third-order valence-corrected chi connectivity index (χ3v) is 5.00. The van der Waals surface area contributed by atoms with E-state index in [0.717, 1.165) is 38.4 Å². The lowest BCUT2D eigenvalue weighted by Gasteiger charge is -2.28. The molecular weight excluding hydrogens is 242 g/mol. The minimum absolute atomic E-state index is 0.319. The second-order valence-electron chi connectivity index (χ2n) is 5.65. The second-order valence-corrected chi connectivity index (χ2v) is 6.68. The Morgan fingerprint density at radius 3 is 2.83 bits per heavy atom. The molecule has 0 bridgehead atoms. The molecule has 2 aliphatic carbocycles. The number of ketones is 1. The number of hydrogen-bond donors (Lipinski definition) is 0. The van der Waals surface area contributed by atoms with Crippen LogP contribution in [0.15, 0.2) is 17.5 Å². The van der Waals surface area contributed by atoms with Crippen molar-refractivity contribution >= 4 is 17.1 Å². The van der Waals surface area contributed by atoms with Crippen LogP contribution in [0, 0.1) is 5.92 Å². The van der Waals surface area contributed by atoms with E-state index < -0.39 is 0 Å². The van der Waals surface area contributed by atoms with Gasteiger partial charge in [-0.3, -0.25) is 9.69 Å². The van der Waals surface area contributed by atoms with Crippen LogP contribution in [0.1, 0.15) is 43.4 Å². The summed E-state index contributed by atoms with van der Waals surface area (Å²) in [6, 6.07) is 5.08. The van der Waals surface area contributed by atoms with Gasteiger partial charge < -0.3 is 0 Å². The topological polar surface area (TPSA) is 20.3 Å². The highest BCUT2D eigenvalue weighted by molar-refractivity contribution is 7.09. The van der Waals surface area contributed by atoms with E-state index in [1.165, 1.54) is 24.1 Å². The monoisotopic (exact) mass is 263 g/mol. The largest absolute Gasteiger partial charge is 0.299 e. The highest BCUT2D eigenvalue weighted by Crippen LogP contribution is 2.32. The number of hydrogen-bond acceptors (Lipinski definition) is 3. The zero-order chi connectivity index (χ0) is 12.4. The summed E-state index contributed by atoms with van der Waals surface area (Å²) in [5.74, 6) is 0.831. The lowest BCUT2D eigenvalue weighted by Crippen LogP contribution is -2.35. The first-order valence-electron chi connectivity index (χ1n) is 7.12. The molecule has 0 spiro atoms. The third kappa shape index (κ3) is 3.01. The molecule has 2 fully saturated rings. The minimum Gasteiger partial charge on any atom is -0.299 e. The second kappa shape index (κ2) is 5.54. The lowest BCUT2D eigenvalue weighted by molar-refractivity contribution is -0.125. The van der Waals surface area contributed by atoms with Crippen LogP contribution in [0.2, 0.25) is 0 Å². The fourth-order valence-electron chi connectivity index (χ4n) is 2.92. The Kier molecular flexibility index (Phi) is 3.80. The van der Waals surface area contributed by atoms with Crippen molar-refractivity contribution in [3.8, 4) is 0 Å². The maximum Gasteiger partial charge on any atom is 0.137 e. The van der Waals surface area contributed by atoms with Crippen LogP contribution in [0.3, 0.4) is 0 Å². The van der Waals surface area contributed by atoms with E-state index in [0.29, 0.717) is 11.7 Å². The molecule has 2 saturated carbocycles. The lowest BCUT2D eigenvalue weighted by atomic mass is 9.87. The van der Waals surface area contributed by atoms with Crippen LogP contribution in [0.25, 0.3) is 0 Å². The molecule has 3 rings (SSSR count). The van der Waals surface area contributed by atoms with Crippen LogP contribution < -0.4 is 0 Å². The molecular formula is C15H21NOS. The van der Waals surface area contributed by atoms with Gasteiger partial charge in [0, 0.05) is 36.3 Å². The number of carbonyl (C=O) groups is 1. The van der Waals surface area contributed by atoms with E-state index in [2.05, 4.69) is 22.4 Å². The maximum atomic E-state index is 12.0. The first-order valence-corrected chi connectivity index (χ1v) is 8.00. The van der Waals surface area contributed by atoms with Gasteiger partial charge in [0.05, 0.1) is 0 Å². The fraction of sp³-hybridized carbons (Fsp3) is 0.667. The normalized spacial score (nSPS) is 24.7. The summed E-state index contributed by atoms with van der Waals surface area (Å²) in [4.78, 5) is 15.9. The predicted octanol–water partition coefficient (Wildman–Crippen LogP) is 3.47. The Balaban J connectivity index is 1.61. The number of nitrogens with zero attached hydrogens (tertiary/aromatic N) is 1. The number of carbonyl (C=O) groups excluding carboxylic acids is 1. The summed E-state index contributed by atoms with van der Waals surface area (Å²) in [5, 5.41) is 2.15. The minimum atomic E-state index is 0.319. The predicted molar refractivity (Wildman–Crippen MR) is 74.7 cm³/mol. The van der Waals surface area contributed by atoms with Gasteiger partial charge in [-0.15, -0.1) is 11.3 Å². The van der Waals surface area contributed by atoms with Crippen LogP contribution in [0.4, 0.5) is 0 Å². The quantitative estimate of drug-likeness (QED) is 0.810. The van der Waals surface area contributed by atoms with E-state index in [1.54, 1.807) is 0 Å². The molecule has 0 aliphatic heterocycles. The Morgan fingerprint density at radius 1 is 1.28 bits per heavy atom. The standard InChI is InChI=1S/C15H21NOS/c17-15-6-2-1-4-12(15)10-16(13-7-8-13)11-14-5-3-9-18-14/h3,5,9,12-13H,1-2,4,6-8,10-11H2. The molecule has 1 heterocycles. The average molecular weight is 263 g/mol. The van der Waals surface area contributed by atoms with Crippen molar-refractivity contribution in [2.75, 3.05) is 6.54 Å². The third-order valence-electron chi connectivity index (χ3n) is 4.14. The van der Waals surface area contributed by atoms with Gasteiger partial charge in [-0.1, -0.05) is 12.5 Å². The summed E-state index contributed by atoms with van der Waals surface area (Å²) in [7, 11) is 0. The van der Waals surface area contributed by atoms with E-state index in [1.807, 2.05) is 11.3 Å². The van der Waals surface area contributed by atoms with Crippen molar-refractivity contribution < 1.29 is 4.79 Å². The van der Waals surface area contributed by atoms with Gasteiger partial charge in [-0.25, -0.2) is 0 Å². The number of Topliss-reactive ketones (excluding diaryl/α,β-unsaturated/α-hetero) is 1. The van der Waals surface area contributed by atoms with Crippen LogP contribution in [0.5, 0.6) is 0 Å². The van der Waals surface area contributed by atoms with E-state index >= 15 is 0 Å². The van der Waals surface area contributed by atoms with Crippen molar-refractivity contribution in [2.24, 2.45) is 5.92 Å². The average Bonchev–Trinajstić information content (AvgIpc) is 3.10. The van der Waals surface area contributed by atoms with Gasteiger partial charge >= 0.3 is 0 Å². The van der Waals surface area contributed by atoms with Crippen molar-refractivity contribution in [3.63, 3.8) is 0 Å². The Morgan fingerprint density at radius 2 is 2.17 bits per heavy atom. The summed E-state index contributed by atoms with van der Waals surface area (Å²) in [5.41, 5.74) is 0. The molecule has 1 aromatic heterocycles. The molecule has 0 radical (unpaired) electrons. The van der Waals surface area contributed by atoms with Gasteiger partial charge in [-0.2, -0.15) is 0 Å². The SMILES string of the molecule is O=C1CCCCC1CN(Cc1cccs1)C1CC1. The Hall–Kier alpha value is -0.670. The van der Waals surface area contributed by atoms with Crippen molar-refractivity contribution in [3.05, 3.63) is 22.4 Å². The fourth-order valence-corrected chi connectivity index (χ4v) is 3.65. The molecule has 0 amide bonds.